The molecule has 0 radical (unpaired) electrons. The van der Waals surface area contributed by atoms with Gasteiger partial charge in [0.05, 0.1) is 0 Å². The van der Waals surface area contributed by atoms with Crippen molar-refractivity contribution in [2.75, 3.05) is 45.2 Å². The van der Waals surface area contributed by atoms with Gasteiger partial charge in [0.2, 0.25) is 0 Å². The third-order valence-electron chi connectivity index (χ3n) is 3.53. The first-order valence-corrected chi connectivity index (χ1v) is 7.91. The molecule has 0 aromatic rings. The molecule has 0 aliphatic rings. The number of thioether (sulfide) groups is 1. The summed E-state index contributed by atoms with van der Waals surface area (Å²) in [6.45, 7) is 11.5. The summed E-state index contributed by atoms with van der Waals surface area (Å²) in [5, 5.41) is 3.52. The zero-order valence-electron chi connectivity index (χ0n) is 11.8. The highest BCUT2D eigenvalue weighted by Crippen LogP contribution is 2.26. The van der Waals surface area contributed by atoms with Gasteiger partial charge < -0.3 is 10.2 Å². The SMILES string of the molecule is CCNCC(CC)(CC)CN(C)CCSC. The van der Waals surface area contributed by atoms with Crippen LogP contribution in [0.3, 0.4) is 0 Å². The van der Waals surface area contributed by atoms with Gasteiger partial charge in [0.25, 0.3) is 0 Å². The molecule has 0 amide bonds. The normalized spacial score (nSPS) is 12.4. The summed E-state index contributed by atoms with van der Waals surface area (Å²) in [4.78, 5) is 2.49. The average Bonchev–Trinajstić information content (AvgIpc) is 2.32. The van der Waals surface area contributed by atoms with Gasteiger partial charge in [-0.25, -0.2) is 0 Å². The summed E-state index contributed by atoms with van der Waals surface area (Å²) in [5.74, 6) is 1.24. The average molecular weight is 246 g/mol. The highest BCUT2D eigenvalue weighted by molar-refractivity contribution is 7.98. The first kappa shape index (κ1) is 16.3. The summed E-state index contributed by atoms with van der Waals surface area (Å²) in [7, 11) is 2.25. The van der Waals surface area contributed by atoms with Crippen LogP contribution in [0.5, 0.6) is 0 Å². The molecule has 0 aliphatic carbocycles. The smallest absolute Gasteiger partial charge is 0.00694 e. The van der Waals surface area contributed by atoms with Crippen molar-refractivity contribution in [2.45, 2.75) is 33.6 Å². The zero-order valence-corrected chi connectivity index (χ0v) is 12.6. The second kappa shape index (κ2) is 9.32. The minimum Gasteiger partial charge on any atom is -0.316 e. The summed E-state index contributed by atoms with van der Waals surface area (Å²) in [5.41, 5.74) is 0.461. The van der Waals surface area contributed by atoms with Crippen LogP contribution < -0.4 is 5.32 Å². The van der Waals surface area contributed by atoms with Crippen LogP contribution in [0.1, 0.15) is 33.6 Å². The number of hydrogen-bond donors (Lipinski definition) is 1. The molecule has 0 unspecified atom stereocenters. The molecule has 0 aromatic carbocycles. The van der Waals surface area contributed by atoms with Gasteiger partial charge >= 0.3 is 0 Å². The molecule has 0 spiro atoms. The van der Waals surface area contributed by atoms with Crippen LogP contribution in [0.25, 0.3) is 0 Å². The van der Waals surface area contributed by atoms with Crippen molar-refractivity contribution in [3.63, 3.8) is 0 Å². The standard InChI is InChI=1S/C13H30N2S/c1-6-13(7-2,11-14-8-3)12-15(4)9-10-16-5/h14H,6-12H2,1-5H3. The minimum absolute atomic E-state index is 0.461. The summed E-state index contributed by atoms with van der Waals surface area (Å²) < 4.78 is 0. The van der Waals surface area contributed by atoms with E-state index in [0.29, 0.717) is 5.41 Å². The Labute approximate surface area is 107 Å². The summed E-state index contributed by atoms with van der Waals surface area (Å²) in [6.07, 6.45) is 4.71. The van der Waals surface area contributed by atoms with E-state index in [-0.39, 0.29) is 0 Å². The number of hydrogen-bond acceptors (Lipinski definition) is 3. The lowest BCUT2D eigenvalue weighted by molar-refractivity contribution is 0.161. The van der Waals surface area contributed by atoms with Gasteiger partial charge in [0.1, 0.15) is 0 Å². The van der Waals surface area contributed by atoms with Crippen molar-refractivity contribution in [3.05, 3.63) is 0 Å². The Bertz CT molecular complexity index is 158. The third kappa shape index (κ3) is 6.12. The van der Waals surface area contributed by atoms with E-state index in [4.69, 9.17) is 0 Å². The summed E-state index contributed by atoms with van der Waals surface area (Å²) in [6, 6.07) is 0. The monoisotopic (exact) mass is 246 g/mol. The molecule has 0 aromatic heterocycles. The van der Waals surface area contributed by atoms with Gasteiger partial charge in [-0.3, -0.25) is 0 Å². The Kier molecular flexibility index (Phi) is 9.47. The van der Waals surface area contributed by atoms with Crippen molar-refractivity contribution in [2.24, 2.45) is 5.41 Å². The molecule has 0 fully saturated rings. The van der Waals surface area contributed by atoms with Crippen LogP contribution >= 0.6 is 11.8 Å². The van der Waals surface area contributed by atoms with Crippen LogP contribution in [0.2, 0.25) is 0 Å². The minimum atomic E-state index is 0.461. The maximum Gasteiger partial charge on any atom is 0.00694 e. The highest BCUT2D eigenvalue weighted by Gasteiger charge is 2.26. The third-order valence-corrected chi connectivity index (χ3v) is 4.12. The van der Waals surface area contributed by atoms with Crippen molar-refractivity contribution < 1.29 is 0 Å². The number of nitrogens with zero attached hydrogens (tertiary/aromatic N) is 1. The Morgan fingerprint density at radius 3 is 2.25 bits per heavy atom. The Hall–Kier alpha value is 0.270. The first-order valence-electron chi connectivity index (χ1n) is 6.52. The van der Waals surface area contributed by atoms with Crippen molar-refractivity contribution in [1.82, 2.24) is 10.2 Å². The molecular formula is C13H30N2S. The molecule has 0 saturated carbocycles. The van der Waals surface area contributed by atoms with Crippen molar-refractivity contribution in [1.29, 1.82) is 0 Å². The Balaban J connectivity index is 4.17. The molecule has 16 heavy (non-hydrogen) atoms. The van der Waals surface area contributed by atoms with Gasteiger partial charge in [0, 0.05) is 25.4 Å². The molecule has 0 atom stereocenters. The zero-order chi connectivity index (χ0) is 12.4. The molecule has 98 valence electrons. The molecule has 0 rings (SSSR count). The van der Waals surface area contributed by atoms with Gasteiger partial charge in [-0.15, -0.1) is 0 Å². The van der Waals surface area contributed by atoms with Crippen LogP contribution in [-0.2, 0) is 0 Å². The van der Waals surface area contributed by atoms with Crippen molar-refractivity contribution in [3.8, 4) is 0 Å². The molecule has 2 nitrogen and oxygen atoms in total. The maximum absolute atomic E-state index is 3.52. The fourth-order valence-corrected chi connectivity index (χ4v) is 2.56. The highest BCUT2D eigenvalue weighted by atomic mass is 32.2. The van der Waals surface area contributed by atoms with E-state index < -0.39 is 0 Å². The maximum atomic E-state index is 3.52. The van der Waals surface area contributed by atoms with E-state index in [1.807, 2.05) is 11.8 Å². The molecule has 0 saturated heterocycles. The van der Waals surface area contributed by atoms with E-state index in [0.717, 1.165) is 13.1 Å². The van der Waals surface area contributed by atoms with Crippen LogP contribution in [0.4, 0.5) is 0 Å². The topological polar surface area (TPSA) is 15.3 Å². The van der Waals surface area contributed by atoms with Gasteiger partial charge in [-0.2, -0.15) is 11.8 Å². The van der Waals surface area contributed by atoms with E-state index >= 15 is 0 Å². The fraction of sp³-hybridized carbons (Fsp3) is 1.00. The summed E-state index contributed by atoms with van der Waals surface area (Å²) >= 11 is 1.93. The van der Waals surface area contributed by atoms with Gasteiger partial charge in [-0.05, 0) is 38.1 Å². The van der Waals surface area contributed by atoms with E-state index in [1.54, 1.807) is 0 Å². The van der Waals surface area contributed by atoms with Crippen molar-refractivity contribution >= 4 is 11.8 Å². The second-order valence-electron chi connectivity index (χ2n) is 4.72. The van der Waals surface area contributed by atoms with E-state index in [9.17, 15) is 0 Å². The Morgan fingerprint density at radius 2 is 1.81 bits per heavy atom. The predicted octanol–water partition coefficient (Wildman–Crippen LogP) is 2.70. The van der Waals surface area contributed by atoms with Crippen LogP contribution in [-0.4, -0.2) is 50.1 Å². The lowest BCUT2D eigenvalue weighted by Crippen LogP contribution is -2.43. The lowest BCUT2D eigenvalue weighted by Gasteiger charge is -2.36. The van der Waals surface area contributed by atoms with E-state index in [1.165, 1.54) is 31.7 Å². The quantitative estimate of drug-likeness (QED) is 0.638. The number of nitrogens with one attached hydrogen (secondary N) is 1. The largest absolute Gasteiger partial charge is 0.316 e. The molecule has 0 heterocycles. The second-order valence-corrected chi connectivity index (χ2v) is 5.70. The van der Waals surface area contributed by atoms with Crippen LogP contribution in [0.15, 0.2) is 0 Å². The Morgan fingerprint density at radius 1 is 1.19 bits per heavy atom. The van der Waals surface area contributed by atoms with Gasteiger partial charge in [0.15, 0.2) is 0 Å². The molecule has 0 bridgehead atoms. The first-order chi connectivity index (χ1) is 7.64. The number of rotatable bonds is 10. The van der Waals surface area contributed by atoms with Gasteiger partial charge in [-0.1, -0.05) is 20.8 Å². The molecule has 1 N–H and O–H groups in total. The fourth-order valence-electron chi connectivity index (χ4n) is 2.07. The van der Waals surface area contributed by atoms with E-state index in [2.05, 4.69) is 44.3 Å². The molecule has 3 heteroatoms. The lowest BCUT2D eigenvalue weighted by atomic mass is 9.81. The molecular weight excluding hydrogens is 216 g/mol. The predicted molar refractivity (Wildman–Crippen MR) is 77.4 cm³/mol. The molecule has 0 aliphatic heterocycles. The van der Waals surface area contributed by atoms with Crippen LogP contribution in [0, 0.1) is 5.41 Å².